The van der Waals surface area contributed by atoms with E-state index in [0.29, 0.717) is 19.3 Å². The highest BCUT2D eigenvalue weighted by Gasteiger charge is 2.20. The van der Waals surface area contributed by atoms with E-state index in [0.717, 1.165) is 57.8 Å². The van der Waals surface area contributed by atoms with Gasteiger partial charge in [0.25, 0.3) is 0 Å². The predicted molar refractivity (Wildman–Crippen MR) is 354 cm³/mol. The van der Waals surface area contributed by atoms with Crippen molar-refractivity contribution < 1.29 is 28.6 Å². The minimum Gasteiger partial charge on any atom is -0.462 e. The summed E-state index contributed by atoms with van der Waals surface area (Å²) < 4.78 is 16.9. The summed E-state index contributed by atoms with van der Waals surface area (Å²) in [5.41, 5.74) is 0. The van der Waals surface area contributed by atoms with E-state index in [4.69, 9.17) is 14.2 Å². The fourth-order valence-corrected chi connectivity index (χ4v) is 12.0. The van der Waals surface area contributed by atoms with Gasteiger partial charge in [-0.3, -0.25) is 14.4 Å². The molecule has 482 valence electrons. The number of rotatable bonds is 71. The van der Waals surface area contributed by atoms with E-state index in [1.54, 1.807) is 0 Å². The molecule has 0 aliphatic carbocycles. The summed E-state index contributed by atoms with van der Waals surface area (Å²) >= 11 is 0. The Labute approximate surface area is 508 Å². The van der Waals surface area contributed by atoms with E-state index in [9.17, 15) is 14.4 Å². The van der Waals surface area contributed by atoms with Gasteiger partial charge in [0.15, 0.2) is 6.10 Å². The third-order valence-corrected chi connectivity index (χ3v) is 17.6. The van der Waals surface area contributed by atoms with E-state index in [2.05, 4.69) is 20.8 Å². The van der Waals surface area contributed by atoms with Crippen LogP contribution in [0.15, 0.2) is 0 Å². The molecule has 1 unspecified atom stereocenters. The standard InChI is InChI=1S/C75H146O6/c1-4-7-10-13-16-18-20-22-24-26-28-30-32-34-36-38-40-42-44-46-48-50-52-54-56-59-62-65-68-74(77)80-71-72(70-79-73(76)67-64-61-58-15-12-9-6-3)81-75(78)69-66-63-60-57-55-53-51-49-47-45-43-41-39-37-35-33-31-29-27-25-23-21-19-17-14-11-8-5-2/h72H,4-71H2,1-3H3. The summed E-state index contributed by atoms with van der Waals surface area (Å²) in [5.74, 6) is -0.830. The van der Waals surface area contributed by atoms with E-state index >= 15 is 0 Å². The van der Waals surface area contributed by atoms with Gasteiger partial charge >= 0.3 is 17.9 Å². The van der Waals surface area contributed by atoms with Crippen molar-refractivity contribution in [2.24, 2.45) is 0 Å². The lowest BCUT2D eigenvalue weighted by molar-refractivity contribution is -0.167. The third kappa shape index (κ3) is 69.1. The van der Waals surface area contributed by atoms with Crippen molar-refractivity contribution in [2.45, 2.75) is 451 Å². The lowest BCUT2D eigenvalue weighted by Crippen LogP contribution is -2.30. The molecule has 0 aromatic rings. The number of carbonyl (C=O) groups excluding carboxylic acids is 3. The summed E-state index contributed by atoms with van der Waals surface area (Å²) in [7, 11) is 0. The topological polar surface area (TPSA) is 78.9 Å². The zero-order valence-corrected chi connectivity index (χ0v) is 55.6. The summed E-state index contributed by atoms with van der Waals surface area (Å²) in [6, 6.07) is 0. The van der Waals surface area contributed by atoms with Crippen LogP contribution in [-0.4, -0.2) is 37.2 Å². The Kier molecular flexibility index (Phi) is 69.5. The van der Waals surface area contributed by atoms with Crippen LogP contribution in [0, 0.1) is 0 Å². The van der Waals surface area contributed by atoms with Crippen molar-refractivity contribution in [3.8, 4) is 0 Å². The van der Waals surface area contributed by atoms with Gasteiger partial charge in [-0.15, -0.1) is 0 Å². The molecule has 0 saturated heterocycles. The molecule has 0 spiro atoms. The molecule has 0 heterocycles. The first-order chi connectivity index (χ1) is 40.0. The first-order valence-electron chi connectivity index (χ1n) is 37.5. The molecule has 0 aromatic carbocycles. The van der Waals surface area contributed by atoms with Crippen LogP contribution in [0.3, 0.4) is 0 Å². The van der Waals surface area contributed by atoms with Crippen LogP contribution in [0.5, 0.6) is 0 Å². The molecular weight excluding hydrogens is 997 g/mol. The first kappa shape index (κ1) is 79.4. The van der Waals surface area contributed by atoms with Gasteiger partial charge in [0, 0.05) is 19.3 Å². The van der Waals surface area contributed by atoms with E-state index < -0.39 is 6.10 Å². The minimum atomic E-state index is -0.762. The second-order valence-electron chi connectivity index (χ2n) is 25.9. The SMILES string of the molecule is CCCCCCCCCCCCCCCCCCCCCCCCCCCCCCC(=O)OCC(COC(=O)CCCCCCCCC)OC(=O)CCCCCCCCCCCCCCCCCCCCCCCCCCCCCC. The summed E-state index contributed by atoms with van der Waals surface area (Å²) in [6.45, 7) is 6.70. The van der Waals surface area contributed by atoms with Crippen molar-refractivity contribution in [3.63, 3.8) is 0 Å². The van der Waals surface area contributed by atoms with Gasteiger partial charge in [0.1, 0.15) is 13.2 Å². The average molecular weight is 1140 g/mol. The Hall–Kier alpha value is -1.59. The van der Waals surface area contributed by atoms with E-state index in [1.807, 2.05) is 0 Å². The highest BCUT2D eigenvalue weighted by molar-refractivity contribution is 5.71. The third-order valence-electron chi connectivity index (χ3n) is 17.6. The molecule has 0 saturated carbocycles. The Morgan fingerprint density at radius 2 is 0.333 bits per heavy atom. The molecule has 0 aliphatic rings. The number of unbranched alkanes of at least 4 members (excludes halogenated alkanes) is 60. The first-order valence-corrected chi connectivity index (χ1v) is 37.5. The Morgan fingerprint density at radius 1 is 0.198 bits per heavy atom. The van der Waals surface area contributed by atoms with Crippen molar-refractivity contribution in [2.75, 3.05) is 13.2 Å². The molecule has 0 bridgehead atoms. The number of hydrogen-bond acceptors (Lipinski definition) is 6. The van der Waals surface area contributed by atoms with Crippen molar-refractivity contribution in [3.05, 3.63) is 0 Å². The minimum absolute atomic E-state index is 0.0611. The monoisotopic (exact) mass is 1140 g/mol. The summed E-state index contributed by atoms with van der Waals surface area (Å²) in [4.78, 5) is 38.2. The molecular formula is C75H146O6. The maximum absolute atomic E-state index is 12.9. The van der Waals surface area contributed by atoms with Crippen molar-refractivity contribution in [1.82, 2.24) is 0 Å². The maximum Gasteiger partial charge on any atom is 0.306 e. The van der Waals surface area contributed by atoms with E-state index in [1.165, 1.54) is 347 Å². The van der Waals surface area contributed by atoms with Crippen LogP contribution >= 0.6 is 0 Å². The quantitative estimate of drug-likeness (QED) is 0.0343. The molecule has 0 N–H and O–H groups in total. The highest BCUT2D eigenvalue weighted by Crippen LogP contribution is 2.20. The van der Waals surface area contributed by atoms with Gasteiger partial charge in [0.05, 0.1) is 0 Å². The Morgan fingerprint density at radius 3 is 0.494 bits per heavy atom. The number of ether oxygens (including phenoxy) is 3. The Bertz CT molecular complexity index is 1220. The molecule has 81 heavy (non-hydrogen) atoms. The summed E-state index contributed by atoms with van der Waals surface area (Å²) in [6.07, 6.45) is 84.8. The van der Waals surface area contributed by atoms with Gasteiger partial charge < -0.3 is 14.2 Å². The smallest absolute Gasteiger partial charge is 0.306 e. The van der Waals surface area contributed by atoms with Crippen LogP contribution in [-0.2, 0) is 28.6 Å². The number of esters is 3. The molecule has 0 aliphatic heterocycles. The van der Waals surface area contributed by atoms with Crippen molar-refractivity contribution >= 4 is 17.9 Å². The largest absolute Gasteiger partial charge is 0.462 e. The molecule has 6 nitrogen and oxygen atoms in total. The lowest BCUT2D eigenvalue weighted by Gasteiger charge is -2.18. The second-order valence-corrected chi connectivity index (χ2v) is 25.9. The summed E-state index contributed by atoms with van der Waals surface area (Å²) in [5, 5.41) is 0. The molecule has 1 atom stereocenters. The maximum atomic E-state index is 12.9. The predicted octanol–water partition coefficient (Wildman–Crippen LogP) is 25.8. The van der Waals surface area contributed by atoms with Crippen LogP contribution < -0.4 is 0 Å². The highest BCUT2D eigenvalue weighted by atomic mass is 16.6. The zero-order chi connectivity index (χ0) is 58.5. The molecule has 0 rings (SSSR count). The van der Waals surface area contributed by atoms with Gasteiger partial charge in [-0.2, -0.15) is 0 Å². The Balaban J connectivity index is 3.95. The molecule has 0 aromatic heterocycles. The molecule has 0 amide bonds. The fraction of sp³-hybridized carbons (Fsp3) is 0.960. The molecule has 0 fully saturated rings. The van der Waals surface area contributed by atoms with Crippen LogP contribution in [0.25, 0.3) is 0 Å². The second kappa shape index (κ2) is 70.9. The van der Waals surface area contributed by atoms with Gasteiger partial charge in [0.2, 0.25) is 0 Å². The lowest BCUT2D eigenvalue weighted by atomic mass is 10.0. The van der Waals surface area contributed by atoms with E-state index in [-0.39, 0.29) is 31.1 Å². The molecule has 6 heteroatoms. The fourth-order valence-electron chi connectivity index (χ4n) is 12.0. The zero-order valence-electron chi connectivity index (χ0n) is 55.6. The number of hydrogen-bond donors (Lipinski definition) is 0. The van der Waals surface area contributed by atoms with Crippen molar-refractivity contribution in [1.29, 1.82) is 0 Å². The van der Waals surface area contributed by atoms with Gasteiger partial charge in [-0.1, -0.05) is 406 Å². The van der Waals surface area contributed by atoms with Gasteiger partial charge in [-0.05, 0) is 19.3 Å². The average Bonchev–Trinajstić information content (AvgIpc) is 3.47. The molecule has 0 radical (unpaired) electrons. The van der Waals surface area contributed by atoms with Crippen LogP contribution in [0.2, 0.25) is 0 Å². The van der Waals surface area contributed by atoms with Crippen LogP contribution in [0.1, 0.15) is 445 Å². The number of carbonyl (C=O) groups is 3. The van der Waals surface area contributed by atoms with Crippen LogP contribution in [0.4, 0.5) is 0 Å². The normalized spacial score (nSPS) is 11.9. The van der Waals surface area contributed by atoms with Gasteiger partial charge in [-0.25, -0.2) is 0 Å².